The van der Waals surface area contributed by atoms with Gasteiger partial charge in [0.15, 0.2) is 18.3 Å². The highest BCUT2D eigenvalue weighted by Crippen LogP contribution is 2.36. The molecular weight excluding hydrogens is 993 g/mol. The summed E-state index contributed by atoms with van der Waals surface area (Å²) in [4.78, 5) is 117. The predicted octanol–water partition coefficient (Wildman–Crippen LogP) is 4.70. The fourth-order valence-electron chi connectivity index (χ4n) is 9.32. The number of esters is 3. The summed E-state index contributed by atoms with van der Waals surface area (Å²) in [6, 6.07) is 4.14. The third-order valence-electron chi connectivity index (χ3n) is 14.4. The quantitative estimate of drug-likeness (QED) is 0.0971. The Bertz CT molecular complexity index is 2310. The number of amides is 4. The Kier molecular flexibility index (Phi) is 21.5. The molecule has 2 saturated carbocycles. The Labute approximate surface area is 454 Å². The lowest BCUT2D eigenvalue weighted by Gasteiger charge is -2.34. The molecule has 0 N–H and O–H groups in total. The third kappa shape index (κ3) is 18.0. The maximum atomic E-state index is 14.8. The van der Waals surface area contributed by atoms with Crippen LogP contribution in [0.4, 0.5) is 16.4 Å². The molecule has 2 aromatic heterocycles. The van der Waals surface area contributed by atoms with Gasteiger partial charge in [-0.25, -0.2) is 29.1 Å². The highest BCUT2D eigenvalue weighted by molar-refractivity contribution is 5.92. The minimum absolute atomic E-state index is 0.0144. The van der Waals surface area contributed by atoms with Crippen LogP contribution in [0.1, 0.15) is 104 Å². The van der Waals surface area contributed by atoms with Crippen LogP contribution in [0.2, 0.25) is 0 Å². The highest BCUT2D eigenvalue weighted by atomic mass is 16.6. The molecule has 0 spiro atoms. The van der Waals surface area contributed by atoms with Gasteiger partial charge < -0.3 is 52.9 Å². The molecule has 2 aromatic rings. The first-order valence-corrected chi connectivity index (χ1v) is 27.4. The predicted molar refractivity (Wildman–Crippen MR) is 286 cm³/mol. The van der Waals surface area contributed by atoms with Crippen molar-refractivity contribution in [2.75, 3.05) is 97.6 Å². The number of likely N-dealkylation sites (N-methyl/N-ethyl adjacent to an activating group) is 4. The van der Waals surface area contributed by atoms with E-state index in [1.165, 1.54) is 47.7 Å². The standard InChI is InChI=1S/C56H84N8O13/c1-36(2)30-42(52(68)74-37(3)49(65)60(9)43(31-38-12-13-38)53(69)76-46(50(66)59(7)8)33-41-18-21-48(58-35-41)64-24-28-73-29-25-64)61(10)51(67)45(19-16-40-17-20-47(57-34-40)63-22-26-72-27-23-63)75-54(70)44(32-39-14-15-39)62(11)55(71)77-56(4,5)6/h17-18,20-21,34-39,42-46H,12-16,19,22-33H2,1-11H3/t37-,42+,43+,44+,45-,46-/m1/s1. The average Bonchev–Trinajstić information content (AvgIpc) is 4.36. The Morgan fingerprint density at radius 1 is 0.610 bits per heavy atom. The number of rotatable bonds is 25. The fourth-order valence-corrected chi connectivity index (χ4v) is 9.32. The third-order valence-corrected chi connectivity index (χ3v) is 14.4. The number of pyridine rings is 2. The van der Waals surface area contributed by atoms with Crippen LogP contribution < -0.4 is 9.80 Å². The molecule has 0 aromatic carbocycles. The monoisotopic (exact) mass is 1080 g/mol. The molecule has 2 saturated heterocycles. The number of carbonyl (C=O) groups excluding carboxylic acids is 7. The lowest BCUT2D eigenvalue weighted by molar-refractivity contribution is -0.173. The number of ether oxygens (including phenoxy) is 6. The number of hydrogen-bond donors (Lipinski definition) is 0. The van der Waals surface area contributed by atoms with Crippen LogP contribution >= 0.6 is 0 Å². The van der Waals surface area contributed by atoms with Gasteiger partial charge in [0.05, 0.1) is 26.4 Å². The number of nitrogens with zero attached hydrogens (tertiary/aromatic N) is 8. The van der Waals surface area contributed by atoms with Crippen molar-refractivity contribution in [2.24, 2.45) is 17.8 Å². The van der Waals surface area contributed by atoms with E-state index in [1.54, 1.807) is 47.3 Å². The van der Waals surface area contributed by atoms with E-state index >= 15 is 0 Å². The molecule has 21 nitrogen and oxygen atoms in total. The van der Waals surface area contributed by atoms with Gasteiger partial charge in [-0.2, -0.15) is 0 Å². The van der Waals surface area contributed by atoms with Gasteiger partial charge in [-0.05, 0) is 101 Å². The zero-order chi connectivity index (χ0) is 56.1. The topological polar surface area (TPSA) is 220 Å². The number of morpholine rings is 2. The van der Waals surface area contributed by atoms with Crippen LogP contribution in [0.5, 0.6) is 0 Å². The van der Waals surface area contributed by atoms with Crippen molar-refractivity contribution in [3.8, 4) is 0 Å². The lowest BCUT2D eigenvalue weighted by Crippen LogP contribution is -2.53. The summed E-state index contributed by atoms with van der Waals surface area (Å²) in [6.07, 6.45) is 3.16. The van der Waals surface area contributed by atoms with E-state index in [4.69, 9.17) is 28.4 Å². The van der Waals surface area contributed by atoms with Gasteiger partial charge in [-0.15, -0.1) is 0 Å². The van der Waals surface area contributed by atoms with Crippen molar-refractivity contribution < 1.29 is 62.0 Å². The van der Waals surface area contributed by atoms with E-state index in [0.29, 0.717) is 64.6 Å². The van der Waals surface area contributed by atoms with Crippen molar-refractivity contribution >= 4 is 53.4 Å². The summed E-state index contributed by atoms with van der Waals surface area (Å²) >= 11 is 0. The SMILES string of the molecule is CC(C)C[C@@H](C(=O)O[C@H](C)C(=O)N(C)[C@@H](CC1CC1)C(=O)O[C@H](Cc1ccc(N2CCOCC2)nc1)C(=O)N(C)C)N(C)C(=O)[C@@H](CCc1ccc(N2CCOCC2)nc1)OC(=O)[C@H](CC1CC1)N(C)C(=O)OC(C)(C)C. The van der Waals surface area contributed by atoms with Crippen LogP contribution in [0, 0.1) is 17.8 Å². The number of aromatic nitrogens is 2. The highest BCUT2D eigenvalue weighted by Gasteiger charge is 2.43. The molecule has 6 rings (SSSR count). The average molecular weight is 1080 g/mol. The molecule has 2 aliphatic heterocycles. The summed E-state index contributed by atoms with van der Waals surface area (Å²) in [5.74, 6) is -2.49. The molecule has 0 radical (unpaired) electrons. The van der Waals surface area contributed by atoms with Crippen molar-refractivity contribution in [1.29, 1.82) is 0 Å². The van der Waals surface area contributed by atoms with Crippen LogP contribution in [0.15, 0.2) is 36.7 Å². The Hall–Kier alpha value is -6.09. The summed E-state index contributed by atoms with van der Waals surface area (Å²) in [5.41, 5.74) is 0.628. The van der Waals surface area contributed by atoms with E-state index in [-0.39, 0.29) is 49.9 Å². The molecular formula is C56H84N8O13. The second-order valence-electron chi connectivity index (χ2n) is 22.7. The molecule has 426 valence electrons. The molecule has 4 amide bonds. The van der Waals surface area contributed by atoms with Crippen LogP contribution in [0.3, 0.4) is 0 Å². The lowest BCUT2D eigenvalue weighted by atomic mass is 10.0. The van der Waals surface area contributed by atoms with Gasteiger partial charge in [-0.3, -0.25) is 19.3 Å². The number of aryl methyl sites for hydroxylation is 1. The first-order valence-electron chi connectivity index (χ1n) is 27.4. The second-order valence-corrected chi connectivity index (χ2v) is 22.7. The molecule has 2 aliphatic carbocycles. The Morgan fingerprint density at radius 2 is 1.08 bits per heavy atom. The van der Waals surface area contributed by atoms with Gasteiger partial charge in [0.1, 0.15) is 35.4 Å². The molecule has 4 heterocycles. The van der Waals surface area contributed by atoms with Gasteiger partial charge in [-0.1, -0.05) is 51.7 Å². The first kappa shape index (κ1) is 60.1. The zero-order valence-corrected chi connectivity index (χ0v) is 47.3. The summed E-state index contributed by atoms with van der Waals surface area (Å²) in [6.45, 7) is 15.6. The van der Waals surface area contributed by atoms with Gasteiger partial charge in [0, 0.05) is 80.2 Å². The maximum absolute atomic E-state index is 14.8. The molecule has 21 heteroatoms. The molecule has 0 unspecified atom stereocenters. The van der Waals surface area contributed by atoms with Crippen LogP contribution in [-0.2, 0) is 70.0 Å². The summed E-state index contributed by atoms with van der Waals surface area (Å²) < 4.78 is 34.6. The summed E-state index contributed by atoms with van der Waals surface area (Å²) in [7, 11) is 7.51. The smallest absolute Gasteiger partial charge is 0.410 e. The minimum atomic E-state index is -1.41. The zero-order valence-electron chi connectivity index (χ0n) is 47.3. The Morgan fingerprint density at radius 3 is 1.53 bits per heavy atom. The molecule has 4 aliphatic rings. The minimum Gasteiger partial charge on any atom is -0.451 e. The molecule has 77 heavy (non-hydrogen) atoms. The van der Waals surface area contributed by atoms with Gasteiger partial charge in [0.25, 0.3) is 17.7 Å². The largest absolute Gasteiger partial charge is 0.451 e. The maximum Gasteiger partial charge on any atom is 0.410 e. The van der Waals surface area contributed by atoms with E-state index in [2.05, 4.69) is 19.8 Å². The van der Waals surface area contributed by atoms with Crippen molar-refractivity contribution in [3.05, 3.63) is 47.8 Å². The molecule has 6 atom stereocenters. The van der Waals surface area contributed by atoms with Crippen molar-refractivity contribution in [2.45, 2.75) is 148 Å². The normalized spacial score (nSPS) is 18.2. The van der Waals surface area contributed by atoms with Gasteiger partial charge >= 0.3 is 24.0 Å². The van der Waals surface area contributed by atoms with Crippen LogP contribution in [-0.4, -0.2) is 201 Å². The van der Waals surface area contributed by atoms with Crippen LogP contribution in [0.25, 0.3) is 0 Å². The number of carbonyl (C=O) groups is 7. The molecule has 4 fully saturated rings. The van der Waals surface area contributed by atoms with E-state index in [9.17, 15) is 33.6 Å². The second kappa shape index (κ2) is 27.5. The van der Waals surface area contributed by atoms with Crippen molar-refractivity contribution in [1.82, 2.24) is 29.6 Å². The van der Waals surface area contributed by atoms with E-state index < -0.39 is 83.8 Å². The molecule has 0 bridgehead atoms. The number of hydrogen-bond acceptors (Lipinski definition) is 17. The van der Waals surface area contributed by atoms with Crippen molar-refractivity contribution in [3.63, 3.8) is 0 Å². The Balaban J connectivity index is 1.17. The van der Waals surface area contributed by atoms with E-state index in [0.717, 1.165) is 42.9 Å². The van der Waals surface area contributed by atoms with E-state index in [1.807, 2.05) is 38.1 Å². The van der Waals surface area contributed by atoms with Gasteiger partial charge in [0.2, 0.25) is 0 Å². The fraction of sp³-hybridized carbons (Fsp3) is 0.696. The number of anilines is 2. The summed E-state index contributed by atoms with van der Waals surface area (Å²) in [5, 5.41) is 0. The first-order chi connectivity index (χ1) is 36.5.